The fraction of sp³-hybridized carbons (Fsp3) is 0.240. The number of aromatic nitrogens is 1. The number of hydrogen-bond donors (Lipinski definition) is 0. The number of allylic oxidation sites excluding steroid dienone is 1. The van der Waals surface area contributed by atoms with Crippen LogP contribution in [0.3, 0.4) is 0 Å². The van der Waals surface area contributed by atoms with Gasteiger partial charge in [-0.25, -0.2) is 9.79 Å². The minimum Gasteiger partial charge on any atom is -0.463 e. The van der Waals surface area contributed by atoms with Crippen LogP contribution in [0.15, 0.2) is 63.5 Å². The smallest absolute Gasteiger partial charge is 0.338 e. The highest BCUT2D eigenvalue weighted by Gasteiger charge is 2.34. The van der Waals surface area contributed by atoms with Crippen LogP contribution in [0, 0.1) is 6.92 Å². The van der Waals surface area contributed by atoms with E-state index in [2.05, 4.69) is 4.99 Å². The number of carbonyl (C=O) groups is 1. The van der Waals surface area contributed by atoms with Gasteiger partial charge in [-0.2, -0.15) is 0 Å². The highest BCUT2D eigenvalue weighted by molar-refractivity contribution is 7.07. The SMILES string of the molecule is CCOC(=O)C1=C(C)N=c2sc(=Cc3ccc(C)cc3)c(=O)n2C1c1ccc2c(c1)OCO2. The Morgan fingerprint density at radius 1 is 1.18 bits per heavy atom. The molecule has 1 aromatic heterocycles. The van der Waals surface area contributed by atoms with Crippen molar-refractivity contribution >= 4 is 23.4 Å². The van der Waals surface area contributed by atoms with Crippen LogP contribution in [-0.2, 0) is 9.53 Å². The lowest BCUT2D eigenvalue weighted by atomic mass is 9.95. The minimum atomic E-state index is -0.685. The second-order valence-electron chi connectivity index (χ2n) is 7.83. The zero-order valence-electron chi connectivity index (χ0n) is 18.5. The summed E-state index contributed by atoms with van der Waals surface area (Å²) >= 11 is 1.30. The Labute approximate surface area is 193 Å². The van der Waals surface area contributed by atoms with Crippen LogP contribution in [0.2, 0.25) is 0 Å². The molecule has 1 unspecified atom stereocenters. The first-order valence-corrected chi connectivity index (χ1v) is 11.4. The van der Waals surface area contributed by atoms with E-state index in [0.29, 0.717) is 32.1 Å². The summed E-state index contributed by atoms with van der Waals surface area (Å²) in [5.41, 5.74) is 3.44. The normalized spacial score (nSPS) is 17.1. The zero-order valence-corrected chi connectivity index (χ0v) is 19.3. The van der Waals surface area contributed by atoms with Crippen LogP contribution in [0.1, 0.15) is 36.6 Å². The lowest BCUT2D eigenvalue weighted by Gasteiger charge is -2.24. The van der Waals surface area contributed by atoms with E-state index in [1.165, 1.54) is 11.3 Å². The number of benzene rings is 2. The van der Waals surface area contributed by atoms with E-state index in [1.54, 1.807) is 24.5 Å². The van der Waals surface area contributed by atoms with E-state index in [0.717, 1.165) is 16.7 Å². The summed E-state index contributed by atoms with van der Waals surface area (Å²) in [7, 11) is 0. The molecule has 0 bridgehead atoms. The number of hydrogen-bond acceptors (Lipinski definition) is 7. The lowest BCUT2D eigenvalue weighted by molar-refractivity contribution is -0.139. The van der Waals surface area contributed by atoms with Gasteiger partial charge in [-0.3, -0.25) is 9.36 Å². The monoisotopic (exact) mass is 462 g/mol. The number of carbonyl (C=O) groups excluding carboxylic acids is 1. The highest BCUT2D eigenvalue weighted by atomic mass is 32.1. The quantitative estimate of drug-likeness (QED) is 0.557. The van der Waals surface area contributed by atoms with Crippen LogP contribution in [0.4, 0.5) is 0 Å². The van der Waals surface area contributed by atoms with Crippen LogP contribution >= 0.6 is 11.3 Å². The van der Waals surface area contributed by atoms with Gasteiger partial charge in [-0.15, -0.1) is 0 Å². The van der Waals surface area contributed by atoms with E-state index < -0.39 is 12.0 Å². The molecule has 3 heterocycles. The number of rotatable bonds is 4. The van der Waals surface area contributed by atoms with Gasteiger partial charge < -0.3 is 14.2 Å². The average Bonchev–Trinajstić information content (AvgIpc) is 3.38. The van der Waals surface area contributed by atoms with Crippen molar-refractivity contribution in [3.63, 3.8) is 0 Å². The van der Waals surface area contributed by atoms with E-state index in [4.69, 9.17) is 14.2 Å². The van der Waals surface area contributed by atoms with Crippen LogP contribution < -0.4 is 24.4 Å². The van der Waals surface area contributed by atoms with E-state index in [-0.39, 0.29) is 19.0 Å². The molecule has 0 fully saturated rings. The first kappa shape index (κ1) is 21.2. The maximum Gasteiger partial charge on any atom is 0.338 e. The Bertz CT molecular complexity index is 1460. The third kappa shape index (κ3) is 3.76. The number of esters is 1. The van der Waals surface area contributed by atoms with Gasteiger partial charge in [0.25, 0.3) is 5.56 Å². The predicted molar refractivity (Wildman–Crippen MR) is 124 cm³/mol. The standard InChI is InChI=1S/C25H22N2O5S/c1-4-30-24(29)21-15(3)26-25-27(22(21)17-9-10-18-19(12-17)32-13-31-18)23(28)20(33-25)11-16-7-5-14(2)6-8-16/h5-12,22H,4,13H2,1-3H3. The van der Waals surface area contributed by atoms with Gasteiger partial charge in [0.2, 0.25) is 6.79 Å². The molecule has 1 atom stereocenters. The second kappa shape index (κ2) is 8.37. The number of ether oxygens (including phenoxy) is 3. The molecule has 0 saturated heterocycles. The summed E-state index contributed by atoms with van der Waals surface area (Å²) in [6.45, 7) is 5.89. The average molecular weight is 463 g/mol. The van der Waals surface area contributed by atoms with Gasteiger partial charge in [0.15, 0.2) is 16.3 Å². The summed E-state index contributed by atoms with van der Waals surface area (Å²) in [5, 5.41) is 0. The molecule has 2 aromatic carbocycles. The molecule has 0 spiro atoms. The Morgan fingerprint density at radius 2 is 1.94 bits per heavy atom. The molecule has 3 aromatic rings. The fourth-order valence-corrected chi connectivity index (χ4v) is 5.05. The molecular formula is C25H22N2O5S. The summed E-state index contributed by atoms with van der Waals surface area (Å²) in [5.74, 6) is 0.713. The first-order valence-electron chi connectivity index (χ1n) is 10.6. The maximum atomic E-state index is 13.6. The van der Waals surface area contributed by atoms with Crippen molar-refractivity contribution in [3.05, 3.63) is 90.1 Å². The number of fused-ring (bicyclic) bond motifs is 2. The molecule has 7 nitrogen and oxygen atoms in total. The number of aryl methyl sites for hydroxylation is 1. The third-order valence-corrected chi connectivity index (χ3v) is 6.59. The fourth-order valence-electron chi connectivity index (χ4n) is 4.00. The van der Waals surface area contributed by atoms with Crippen LogP contribution in [-0.4, -0.2) is 23.9 Å². The van der Waals surface area contributed by atoms with Gasteiger partial charge in [0.1, 0.15) is 0 Å². The summed E-state index contributed by atoms with van der Waals surface area (Å²) < 4.78 is 18.4. The van der Waals surface area contributed by atoms with E-state index in [1.807, 2.05) is 49.4 Å². The molecule has 0 amide bonds. The number of thiazole rings is 1. The molecule has 33 heavy (non-hydrogen) atoms. The minimum absolute atomic E-state index is 0.137. The largest absolute Gasteiger partial charge is 0.463 e. The van der Waals surface area contributed by atoms with Crippen LogP contribution in [0.25, 0.3) is 6.08 Å². The van der Waals surface area contributed by atoms with Gasteiger partial charge >= 0.3 is 5.97 Å². The molecule has 0 radical (unpaired) electrons. The number of nitrogens with zero attached hydrogens (tertiary/aromatic N) is 2. The molecule has 0 N–H and O–H groups in total. The molecule has 8 heteroatoms. The second-order valence-corrected chi connectivity index (χ2v) is 8.83. The highest BCUT2D eigenvalue weighted by Crippen LogP contribution is 2.38. The van der Waals surface area contributed by atoms with Gasteiger partial charge in [0, 0.05) is 0 Å². The van der Waals surface area contributed by atoms with Crippen LogP contribution in [0.5, 0.6) is 11.5 Å². The van der Waals surface area contributed by atoms with Gasteiger partial charge in [-0.05, 0) is 50.1 Å². The Kier molecular flexibility index (Phi) is 5.38. The molecule has 2 aliphatic rings. The van der Waals surface area contributed by atoms with Crippen molar-refractivity contribution in [1.82, 2.24) is 4.57 Å². The lowest BCUT2D eigenvalue weighted by Crippen LogP contribution is -2.39. The predicted octanol–water partition coefficient (Wildman–Crippen LogP) is 2.84. The molecule has 0 aliphatic carbocycles. The summed E-state index contributed by atoms with van der Waals surface area (Å²) in [6.07, 6.45) is 1.85. The van der Waals surface area contributed by atoms with Crippen molar-refractivity contribution in [2.75, 3.05) is 13.4 Å². The van der Waals surface area contributed by atoms with E-state index in [9.17, 15) is 9.59 Å². The molecular weight excluding hydrogens is 440 g/mol. The Balaban J connectivity index is 1.72. The molecule has 168 valence electrons. The van der Waals surface area contributed by atoms with Gasteiger partial charge in [0.05, 0.1) is 28.5 Å². The third-order valence-electron chi connectivity index (χ3n) is 5.60. The molecule has 0 saturated carbocycles. The van der Waals surface area contributed by atoms with Crippen molar-refractivity contribution in [2.45, 2.75) is 26.8 Å². The first-order chi connectivity index (χ1) is 16.0. The Morgan fingerprint density at radius 3 is 2.70 bits per heavy atom. The summed E-state index contributed by atoms with van der Waals surface area (Å²) in [4.78, 5) is 31.7. The summed E-state index contributed by atoms with van der Waals surface area (Å²) in [6, 6.07) is 12.7. The topological polar surface area (TPSA) is 79.1 Å². The van der Waals surface area contributed by atoms with E-state index >= 15 is 0 Å². The Hall–Kier alpha value is -3.65. The van der Waals surface area contributed by atoms with Gasteiger partial charge in [-0.1, -0.05) is 47.2 Å². The van der Waals surface area contributed by atoms with Crippen molar-refractivity contribution in [3.8, 4) is 11.5 Å². The maximum absolute atomic E-state index is 13.6. The van der Waals surface area contributed by atoms with Crippen molar-refractivity contribution < 1.29 is 19.0 Å². The molecule has 2 aliphatic heterocycles. The van der Waals surface area contributed by atoms with Crippen molar-refractivity contribution in [2.24, 2.45) is 4.99 Å². The molecule has 5 rings (SSSR count). The van der Waals surface area contributed by atoms with Crippen molar-refractivity contribution in [1.29, 1.82) is 0 Å². The zero-order chi connectivity index (χ0) is 23.1.